The van der Waals surface area contributed by atoms with E-state index in [4.69, 9.17) is 18.9 Å². The molecule has 1 aromatic carbocycles. The van der Waals surface area contributed by atoms with E-state index < -0.39 is 36.0 Å². The maximum atomic E-state index is 12.8. The first-order valence-corrected chi connectivity index (χ1v) is 23.8. The fourth-order valence-electron chi connectivity index (χ4n) is 7.77. The Bertz CT molecular complexity index is 1300. The van der Waals surface area contributed by atoms with Crippen LogP contribution in [0.1, 0.15) is 194 Å². The summed E-state index contributed by atoms with van der Waals surface area (Å²) in [6.45, 7) is 11.3. The summed E-state index contributed by atoms with van der Waals surface area (Å²) in [5.74, 6) is -2.79. The van der Waals surface area contributed by atoms with E-state index in [1.54, 1.807) is 0 Å². The number of ether oxygens (including phenoxy) is 4. The van der Waals surface area contributed by atoms with Crippen molar-refractivity contribution >= 4 is 23.9 Å². The second kappa shape index (κ2) is 34.3. The largest absolute Gasteiger partial charge is 0.493 e. The Labute approximate surface area is 364 Å². The number of nitrogens with zero attached hydrogens (tertiary/aromatic N) is 1. The fraction of sp³-hybridized carbons (Fsp3) is 0.796. The van der Waals surface area contributed by atoms with Crippen molar-refractivity contribution in [3.8, 4) is 11.5 Å². The van der Waals surface area contributed by atoms with Crippen LogP contribution in [0.3, 0.4) is 0 Å². The molecule has 1 rings (SSSR count). The summed E-state index contributed by atoms with van der Waals surface area (Å²) in [5.41, 5.74) is 0.953. The van der Waals surface area contributed by atoms with Gasteiger partial charge in [0.25, 0.3) is 0 Å². The topological polar surface area (TPSA) is 149 Å². The van der Waals surface area contributed by atoms with Crippen LogP contribution in [-0.4, -0.2) is 78.5 Å². The summed E-state index contributed by atoms with van der Waals surface area (Å²) in [5, 5.41) is 20.6. The molecule has 11 nitrogen and oxygen atoms in total. The smallest absolute Gasteiger partial charge is 0.306 e. The molecule has 0 aliphatic heterocycles. The first-order chi connectivity index (χ1) is 28.9. The highest BCUT2D eigenvalue weighted by atomic mass is 16.6. The van der Waals surface area contributed by atoms with Crippen LogP contribution < -0.4 is 9.47 Å². The van der Waals surface area contributed by atoms with Gasteiger partial charge < -0.3 is 34.1 Å². The average molecular weight is 848 g/mol. The van der Waals surface area contributed by atoms with Crippen molar-refractivity contribution in [3.05, 3.63) is 23.8 Å². The zero-order chi connectivity index (χ0) is 44.5. The SMILES string of the molecule is CCCCCCCC(=O)OC[C@@H](CCOc1cc(CN(C)C)cc(OC(CCCC)CC(CC(CC)[C@@H](CCCCCC)C(=O)O)C(=O)O)c1)OC(=O)CCCCCCC. The Morgan fingerprint density at radius 2 is 1.20 bits per heavy atom. The minimum atomic E-state index is -0.927. The molecule has 3 unspecified atom stereocenters. The minimum absolute atomic E-state index is 0.0252. The zero-order valence-corrected chi connectivity index (χ0v) is 38.8. The number of unbranched alkanes of at least 4 members (excludes halogenated alkanes) is 12. The monoisotopic (exact) mass is 848 g/mol. The highest BCUT2D eigenvalue weighted by Crippen LogP contribution is 2.33. The lowest BCUT2D eigenvalue weighted by Gasteiger charge is -2.28. The summed E-state index contributed by atoms with van der Waals surface area (Å²) < 4.78 is 24.3. The van der Waals surface area contributed by atoms with Crippen molar-refractivity contribution in [3.63, 3.8) is 0 Å². The minimum Gasteiger partial charge on any atom is -0.493 e. The molecule has 0 amide bonds. The highest BCUT2D eigenvalue weighted by molar-refractivity contribution is 5.72. The van der Waals surface area contributed by atoms with Crippen LogP contribution in [0.15, 0.2) is 18.2 Å². The van der Waals surface area contributed by atoms with Crippen LogP contribution in [0, 0.1) is 17.8 Å². The van der Waals surface area contributed by atoms with E-state index in [1.165, 1.54) is 0 Å². The molecule has 0 aromatic heterocycles. The van der Waals surface area contributed by atoms with Gasteiger partial charge in [0.05, 0.1) is 24.5 Å². The molecule has 0 fully saturated rings. The number of hydrogen-bond donors (Lipinski definition) is 2. The molecule has 0 heterocycles. The third kappa shape index (κ3) is 26.1. The molecule has 60 heavy (non-hydrogen) atoms. The fourth-order valence-corrected chi connectivity index (χ4v) is 7.77. The van der Waals surface area contributed by atoms with Crippen molar-refractivity contribution in [2.45, 2.75) is 207 Å². The number of aliphatic carboxylic acids is 2. The van der Waals surface area contributed by atoms with Gasteiger partial charge in [0.1, 0.15) is 24.2 Å². The van der Waals surface area contributed by atoms with Crippen LogP contribution in [0.25, 0.3) is 0 Å². The molecule has 0 spiro atoms. The highest BCUT2D eigenvalue weighted by Gasteiger charge is 2.33. The zero-order valence-electron chi connectivity index (χ0n) is 38.8. The Morgan fingerprint density at radius 3 is 1.77 bits per heavy atom. The van der Waals surface area contributed by atoms with E-state index in [-0.39, 0.29) is 43.9 Å². The van der Waals surface area contributed by atoms with Gasteiger partial charge in [-0.1, -0.05) is 131 Å². The van der Waals surface area contributed by atoms with Crippen molar-refractivity contribution in [2.24, 2.45) is 17.8 Å². The number of carbonyl (C=O) groups is 4. The number of rotatable bonds is 39. The lowest BCUT2D eigenvalue weighted by molar-refractivity contribution is -0.160. The van der Waals surface area contributed by atoms with Crippen LogP contribution >= 0.6 is 0 Å². The molecule has 11 heteroatoms. The average Bonchev–Trinajstić information content (AvgIpc) is 3.20. The summed E-state index contributed by atoms with van der Waals surface area (Å²) in [7, 11) is 3.95. The van der Waals surface area contributed by atoms with E-state index in [0.717, 1.165) is 108 Å². The number of hydrogen-bond acceptors (Lipinski definition) is 9. The lowest BCUT2D eigenvalue weighted by Crippen LogP contribution is -2.31. The normalized spacial score (nSPS) is 13.9. The maximum absolute atomic E-state index is 12.8. The molecular formula is C49H85NO10. The van der Waals surface area contributed by atoms with E-state index in [9.17, 15) is 29.4 Å². The van der Waals surface area contributed by atoms with Gasteiger partial charge in [-0.15, -0.1) is 0 Å². The van der Waals surface area contributed by atoms with Crippen LogP contribution in [0.2, 0.25) is 0 Å². The van der Waals surface area contributed by atoms with Gasteiger partial charge in [0.15, 0.2) is 0 Å². The Kier molecular flexibility index (Phi) is 31.2. The van der Waals surface area contributed by atoms with E-state index >= 15 is 0 Å². The molecule has 0 radical (unpaired) electrons. The maximum Gasteiger partial charge on any atom is 0.306 e. The van der Waals surface area contributed by atoms with Gasteiger partial charge in [-0.25, -0.2) is 0 Å². The number of carbonyl (C=O) groups excluding carboxylic acids is 2. The molecular weight excluding hydrogens is 763 g/mol. The van der Waals surface area contributed by atoms with Crippen molar-refractivity contribution in [1.82, 2.24) is 4.90 Å². The molecule has 1 aromatic rings. The lowest BCUT2D eigenvalue weighted by atomic mass is 9.78. The second-order valence-electron chi connectivity index (χ2n) is 17.2. The molecule has 0 saturated heterocycles. The number of carboxylic acids is 2. The van der Waals surface area contributed by atoms with Crippen LogP contribution in [-0.2, 0) is 35.2 Å². The first-order valence-electron chi connectivity index (χ1n) is 23.8. The van der Waals surface area contributed by atoms with Gasteiger partial charge >= 0.3 is 23.9 Å². The molecule has 2 N–H and O–H groups in total. The molecule has 0 saturated carbocycles. The Hall–Kier alpha value is -3.34. The van der Waals surface area contributed by atoms with E-state index in [2.05, 4.69) is 27.7 Å². The van der Waals surface area contributed by atoms with Crippen molar-refractivity contribution in [2.75, 3.05) is 27.3 Å². The summed E-state index contributed by atoms with van der Waals surface area (Å²) in [6.07, 6.45) is 18.2. The van der Waals surface area contributed by atoms with Gasteiger partial charge in [0.2, 0.25) is 0 Å². The predicted octanol–water partition coefficient (Wildman–Crippen LogP) is 11.8. The number of carboxylic acid groups (broad SMARTS) is 2. The molecule has 0 bridgehead atoms. The van der Waals surface area contributed by atoms with Gasteiger partial charge in [0, 0.05) is 31.9 Å². The second-order valence-corrected chi connectivity index (χ2v) is 17.2. The molecule has 346 valence electrons. The first kappa shape index (κ1) is 54.7. The summed E-state index contributed by atoms with van der Waals surface area (Å²) in [4.78, 5) is 52.6. The third-order valence-electron chi connectivity index (χ3n) is 11.3. The van der Waals surface area contributed by atoms with E-state index in [0.29, 0.717) is 56.6 Å². The quantitative estimate of drug-likeness (QED) is 0.0481. The van der Waals surface area contributed by atoms with Crippen molar-refractivity contribution in [1.29, 1.82) is 0 Å². The van der Waals surface area contributed by atoms with Crippen LogP contribution in [0.4, 0.5) is 0 Å². The van der Waals surface area contributed by atoms with Gasteiger partial charge in [-0.3, -0.25) is 19.2 Å². The standard InChI is InChI=1S/C49H85NO10/c1-8-13-17-20-23-27-46(51)58-37-42(60-47(52)28-24-21-18-14-9-2)29-30-57-43-31-38(36-50(6)7)32-44(35-43)59-41(25-16-11-4)34-40(48(53)54)33-39(12-5)45(49(55)56)26-22-19-15-10-3/h31-32,35,39-42,45H,8-30,33-34,36-37H2,1-7H3,(H,53,54)(H,55,56)/t39?,40?,41?,42-,45-/m1/s1. The molecule has 0 aliphatic carbocycles. The molecule has 5 atom stereocenters. The van der Waals surface area contributed by atoms with E-state index in [1.807, 2.05) is 44.1 Å². The number of benzene rings is 1. The summed E-state index contributed by atoms with van der Waals surface area (Å²) >= 11 is 0. The van der Waals surface area contributed by atoms with Crippen LogP contribution in [0.5, 0.6) is 11.5 Å². The Balaban J connectivity index is 3.18. The third-order valence-corrected chi connectivity index (χ3v) is 11.3. The number of esters is 2. The Morgan fingerprint density at radius 1 is 0.617 bits per heavy atom. The molecule has 0 aliphatic rings. The van der Waals surface area contributed by atoms with Gasteiger partial charge in [-0.05, 0) is 76.2 Å². The van der Waals surface area contributed by atoms with Gasteiger partial charge in [-0.2, -0.15) is 0 Å². The summed E-state index contributed by atoms with van der Waals surface area (Å²) in [6, 6.07) is 5.72. The van der Waals surface area contributed by atoms with Crippen molar-refractivity contribution < 1.29 is 48.3 Å². The predicted molar refractivity (Wildman–Crippen MR) is 240 cm³/mol.